The van der Waals surface area contributed by atoms with E-state index in [4.69, 9.17) is 4.99 Å². The van der Waals surface area contributed by atoms with E-state index in [0.717, 1.165) is 44.6 Å². The van der Waals surface area contributed by atoms with Crippen LogP contribution in [0.1, 0.15) is 50.5 Å². The highest BCUT2D eigenvalue weighted by molar-refractivity contribution is 5.84. The van der Waals surface area contributed by atoms with E-state index in [2.05, 4.69) is 47.9 Å². The molecule has 2 fully saturated rings. The summed E-state index contributed by atoms with van der Waals surface area (Å²) in [6, 6.07) is 11.1. The average molecular weight is 357 g/mol. The van der Waals surface area contributed by atoms with Gasteiger partial charge >= 0.3 is 0 Å². The first-order chi connectivity index (χ1) is 12.6. The number of aliphatic imine (C=N–C) groups is 1. The Hall–Kier alpha value is -2.04. The molecule has 2 atom stereocenters. The maximum Gasteiger partial charge on any atom is 0.230 e. The Morgan fingerprint density at radius 3 is 2.54 bits per heavy atom. The maximum absolute atomic E-state index is 12.7. The lowest BCUT2D eigenvalue weighted by atomic mass is 9.85. The standard InChI is InChI=1S/C21H32N4O/c1-4-22-20(24-18-14-17(18)16-10-6-5-7-11-16)23-15-21(12-8-9-13-21)19(26)25(2)3/h5-7,10-11,17-18H,4,8-9,12-15H2,1-3H3,(H2,22,23,24). The van der Waals surface area contributed by atoms with Crippen molar-refractivity contribution >= 4 is 11.9 Å². The normalized spacial score (nSPS) is 24.2. The van der Waals surface area contributed by atoms with E-state index in [1.807, 2.05) is 14.1 Å². The molecule has 2 saturated carbocycles. The average Bonchev–Trinajstić information content (AvgIpc) is 3.25. The van der Waals surface area contributed by atoms with Crippen molar-refractivity contribution in [1.29, 1.82) is 0 Å². The molecule has 0 bridgehead atoms. The SMILES string of the molecule is CCNC(=NCC1(C(=O)N(C)C)CCCC1)NC1CC1c1ccccc1. The van der Waals surface area contributed by atoms with E-state index in [1.54, 1.807) is 4.90 Å². The molecule has 142 valence electrons. The van der Waals surface area contributed by atoms with Gasteiger partial charge in [-0.2, -0.15) is 0 Å². The summed E-state index contributed by atoms with van der Waals surface area (Å²) in [5, 5.41) is 6.91. The first kappa shape index (κ1) is 18.7. The number of carbonyl (C=O) groups excluding carboxylic acids is 1. The number of carbonyl (C=O) groups is 1. The predicted octanol–water partition coefficient (Wildman–Crippen LogP) is 2.75. The summed E-state index contributed by atoms with van der Waals surface area (Å²) in [7, 11) is 3.70. The molecule has 0 heterocycles. The van der Waals surface area contributed by atoms with Gasteiger partial charge in [-0.3, -0.25) is 9.79 Å². The van der Waals surface area contributed by atoms with Gasteiger partial charge in [-0.15, -0.1) is 0 Å². The van der Waals surface area contributed by atoms with Gasteiger partial charge in [0.05, 0.1) is 12.0 Å². The molecule has 0 spiro atoms. The summed E-state index contributed by atoms with van der Waals surface area (Å²) in [5.41, 5.74) is 1.07. The summed E-state index contributed by atoms with van der Waals surface area (Å²) in [5.74, 6) is 1.63. The topological polar surface area (TPSA) is 56.7 Å². The van der Waals surface area contributed by atoms with Crippen LogP contribution < -0.4 is 10.6 Å². The molecule has 2 N–H and O–H groups in total. The number of hydrogen-bond donors (Lipinski definition) is 2. The van der Waals surface area contributed by atoms with E-state index in [1.165, 1.54) is 5.56 Å². The van der Waals surface area contributed by atoms with Crippen LogP contribution in [-0.2, 0) is 4.79 Å². The lowest BCUT2D eigenvalue weighted by molar-refractivity contribution is -0.138. The van der Waals surface area contributed by atoms with Crippen molar-refractivity contribution < 1.29 is 4.79 Å². The number of nitrogens with zero attached hydrogens (tertiary/aromatic N) is 2. The Kier molecular flexibility index (Phi) is 5.84. The van der Waals surface area contributed by atoms with Crippen molar-refractivity contribution in [2.24, 2.45) is 10.4 Å². The molecule has 0 saturated heterocycles. The number of hydrogen-bond acceptors (Lipinski definition) is 2. The number of benzene rings is 1. The molecule has 5 heteroatoms. The minimum Gasteiger partial charge on any atom is -0.357 e. The first-order valence-corrected chi connectivity index (χ1v) is 9.87. The van der Waals surface area contributed by atoms with Crippen LogP contribution >= 0.6 is 0 Å². The second-order valence-corrected chi connectivity index (χ2v) is 7.89. The summed E-state index contributed by atoms with van der Waals surface area (Å²) < 4.78 is 0. The second kappa shape index (κ2) is 8.11. The molecule has 0 aliphatic heterocycles. The fourth-order valence-electron chi connectivity index (χ4n) is 4.11. The molecule has 2 unspecified atom stereocenters. The van der Waals surface area contributed by atoms with Gasteiger partial charge in [0.25, 0.3) is 0 Å². The molecule has 3 rings (SSSR count). The molecular formula is C21H32N4O. The van der Waals surface area contributed by atoms with Crippen LogP contribution in [0, 0.1) is 5.41 Å². The van der Waals surface area contributed by atoms with Crippen LogP contribution in [0.4, 0.5) is 0 Å². The highest BCUT2D eigenvalue weighted by Crippen LogP contribution is 2.41. The fraction of sp³-hybridized carbons (Fsp3) is 0.619. The van der Waals surface area contributed by atoms with Crippen molar-refractivity contribution in [2.75, 3.05) is 27.2 Å². The third-order valence-corrected chi connectivity index (χ3v) is 5.64. The Morgan fingerprint density at radius 2 is 1.92 bits per heavy atom. The molecule has 26 heavy (non-hydrogen) atoms. The zero-order valence-electron chi connectivity index (χ0n) is 16.3. The minimum absolute atomic E-state index is 0.225. The van der Waals surface area contributed by atoms with Crippen LogP contribution in [0.15, 0.2) is 35.3 Å². The van der Waals surface area contributed by atoms with E-state index in [9.17, 15) is 4.79 Å². The molecule has 2 aliphatic carbocycles. The van der Waals surface area contributed by atoms with Crippen LogP contribution in [0.5, 0.6) is 0 Å². The number of nitrogens with one attached hydrogen (secondary N) is 2. The summed E-state index contributed by atoms with van der Waals surface area (Å²) >= 11 is 0. The van der Waals surface area contributed by atoms with E-state index >= 15 is 0 Å². The van der Waals surface area contributed by atoms with Gasteiger partial charge in [0.1, 0.15) is 0 Å². The molecule has 0 radical (unpaired) electrons. The Balaban J connectivity index is 1.65. The molecule has 0 aromatic heterocycles. The third-order valence-electron chi connectivity index (χ3n) is 5.64. The first-order valence-electron chi connectivity index (χ1n) is 9.87. The molecule has 1 aromatic carbocycles. The monoisotopic (exact) mass is 356 g/mol. The van der Waals surface area contributed by atoms with Gasteiger partial charge in [0.15, 0.2) is 5.96 Å². The van der Waals surface area contributed by atoms with Gasteiger partial charge < -0.3 is 15.5 Å². The molecule has 2 aliphatic rings. The van der Waals surface area contributed by atoms with E-state index in [-0.39, 0.29) is 11.3 Å². The highest BCUT2D eigenvalue weighted by atomic mass is 16.2. The minimum atomic E-state index is -0.311. The maximum atomic E-state index is 12.7. The predicted molar refractivity (Wildman–Crippen MR) is 106 cm³/mol. The van der Waals surface area contributed by atoms with Crippen molar-refractivity contribution in [1.82, 2.24) is 15.5 Å². The van der Waals surface area contributed by atoms with Crippen LogP contribution in [0.3, 0.4) is 0 Å². The van der Waals surface area contributed by atoms with E-state index < -0.39 is 0 Å². The second-order valence-electron chi connectivity index (χ2n) is 7.89. The van der Waals surface area contributed by atoms with Crippen molar-refractivity contribution in [3.8, 4) is 0 Å². The largest absolute Gasteiger partial charge is 0.357 e. The van der Waals surface area contributed by atoms with E-state index in [0.29, 0.717) is 18.5 Å². The molecular weight excluding hydrogens is 324 g/mol. The summed E-state index contributed by atoms with van der Waals surface area (Å²) in [4.78, 5) is 19.3. The molecule has 1 amide bonds. The van der Waals surface area contributed by atoms with Gasteiger partial charge in [-0.1, -0.05) is 43.2 Å². The zero-order chi connectivity index (χ0) is 18.6. The Bertz CT molecular complexity index is 635. The van der Waals surface area contributed by atoms with Gasteiger partial charge in [0.2, 0.25) is 5.91 Å². The van der Waals surface area contributed by atoms with Gasteiger partial charge in [-0.25, -0.2) is 0 Å². The van der Waals surface area contributed by atoms with Crippen molar-refractivity contribution in [2.45, 2.75) is 51.0 Å². The lowest BCUT2D eigenvalue weighted by Crippen LogP contribution is -2.43. The number of rotatable bonds is 6. The smallest absolute Gasteiger partial charge is 0.230 e. The van der Waals surface area contributed by atoms with Crippen LogP contribution in [0.2, 0.25) is 0 Å². The van der Waals surface area contributed by atoms with Crippen LogP contribution in [0.25, 0.3) is 0 Å². The third kappa shape index (κ3) is 4.19. The van der Waals surface area contributed by atoms with Crippen molar-refractivity contribution in [3.05, 3.63) is 35.9 Å². The molecule has 5 nitrogen and oxygen atoms in total. The summed E-state index contributed by atoms with van der Waals surface area (Å²) in [6.07, 6.45) is 5.28. The highest BCUT2D eigenvalue weighted by Gasteiger charge is 2.42. The Labute approximate surface area is 157 Å². The number of guanidine groups is 1. The lowest BCUT2D eigenvalue weighted by Gasteiger charge is -2.29. The van der Waals surface area contributed by atoms with Gasteiger partial charge in [0, 0.05) is 32.6 Å². The number of amides is 1. The van der Waals surface area contributed by atoms with Gasteiger partial charge in [-0.05, 0) is 31.7 Å². The summed E-state index contributed by atoms with van der Waals surface area (Å²) in [6.45, 7) is 3.47. The van der Waals surface area contributed by atoms with Crippen molar-refractivity contribution in [3.63, 3.8) is 0 Å². The Morgan fingerprint density at radius 1 is 1.23 bits per heavy atom. The quantitative estimate of drug-likeness (QED) is 0.609. The molecule has 1 aromatic rings. The van der Waals surface area contributed by atoms with Crippen LogP contribution in [-0.4, -0.2) is 50.0 Å². The fourth-order valence-corrected chi connectivity index (χ4v) is 4.11. The zero-order valence-corrected chi connectivity index (χ0v) is 16.3.